The van der Waals surface area contributed by atoms with Crippen LogP contribution < -0.4 is 5.90 Å². The van der Waals surface area contributed by atoms with Crippen LogP contribution in [0.3, 0.4) is 0 Å². The van der Waals surface area contributed by atoms with Gasteiger partial charge in [0.05, 0.1) is 30.2 Å². The fraction of sp³-hybridized carbons (Fsp3) is 0.750. The van der Waals surface area contributed by atoms with E-state index < -0.39 is 18.1 Å². The van der Waals surface area contributed by atoms with Crippen LogP contribution in [-0.2, 0) is 20.3 Å². The van der Waals surface area contributed by atoms with E-state index in [1.165, 1.54) is 0 Å². The smallest absolute Gasteiger partial charge is 0.205 e. The molecule has 2 radical (unpaired) electrons. The molecule has 5 nitrogen and oxygen atoms in total. The minimum absolute atomic E-state index is 0.0725. The van der Waals surface area contributed by atoms with Crippen LogP contribution in [0, 0.1) is 10.8 Å². The highest BCUT2D eigenvalue weighted by Gasteiger charge is 2.33. The highest BCUT2D eigenvalue weighted by molar-refractivity contribution is 6.48. The molecule has 154 valence electrons. The van der Waals surface area contributed by atoms with Gasteiger partial charge in [-0.05, 0) is 54.7 Å². The van der Waals surface area contributed by atoms with Crippen LogP contribution in [0.5, 0.6) is 0 Å². The number of rotatable bonds is 8. The first-order valence-corrected chi connectivity index (χ1v) is 14.3. The number of hydrogen-bond donors (Lipinski definition) is 1. The summed E-state index contributed by atoms with van der Waals surface area (Å²) in [6.45, 7) is 22.1. The highest BCUT2D eigenvalue weighted by Crippen LogP contribution is 2.40. The van der Waals surface area contributed by atoms with E-state index in [1.54, 1.807) is 0 Å². The lowest BCUT2D eigenvalue weighted by atomic mass is 9.84. The van der Waals surface area contributed by atoms with Crippen molar-refractivity contribution in [2.24, 2.45) is 16.7 Å². The van der Waals surface area contributed by atoms with Crippen LogP contribution in [0.1, 0.15) is 70.7 Å². The minimum Gasteiger partial charge on any atom is -0.408 e. The molecule has 0 bridgehead atoms. The first-order valence-electron chi connectivity index (χ1n) is 9.51. The van der Waals surface area contributed by atoms with Gasteiger partial charge in [0.2, 0.25) is 18.1 Å². The molecule has 0 fully saturated rings. The molecule has 1 aromatic heterocycles. The van der Waals surface area contributed by atoms with Gasteiger partial charge in [0.15, 0.2) is 0 Å². The van der Waals surface area contributed by atoms with Crippen molar-refractivity contribution in [1.82, 2.24) is 4.98 Å². The van der Waals surface area contributed by atoms with Gasteiger partial charge in [-0.15, -0.1) is 0 Å². The van der Waals surface area contributed by atoms with Crippen LogP contribution >= 0.6 is 0 Å². The van der Waals surface area contributed by atoms with E-state index in [0.29, 0.717) is 6.61 Å². The lowest BCUT2D eigenvalue weighted by molar-refractivity contribution is 0.0719. The molecule has 27 heavy (non-hydrogen) atoms. The molecule has 1 heterocycles. The molecule has 0 aromatic carbocycles. The largest absolute Gasteiger partial charge is 0.408 e. The maximum absolute atomic E-state index is 6.37. The van der Waals surface area contributed by atoms with Crippen molar-refractivity contribution in [1.29, 1.82) is 0 Å². The summed E-state index contributed by atoms with van der Waals surface area (Å²) < 4.78 is 12.7. The van der Waals surface area contributed by atoms with Gasteiger partial charge in [-0.25, -0.2) is 5.90 Å². The Hall–Kier alpha value is -0.576. The molecule has 1 aromatic rings. The maximum Gasteiger partial charge on any atom is 0.205 e. The van der Waals surface area contributed by atoms with Gasteiger partial charge in [-0.3, -0.25) is 9.82 Å². The van der Waals surface area contributed by atoms with Crippen molar-refractivity contribution >= 4 is 18.1 Å². The van der Waals surface area contributed by atoms with Gasteiger partial charge in [0.25, 0.3) is 0 Å². The second kappa shape index (κ2) is 9.76. The SMILES string of the molecule is C[Si](C)OC(c1cc(CON)cc(C(O[Si](C)C)C(C)(C)C)n1)C(C)(C)C. The fourth-order valence-electron chi connectivity index (χ4n) is 2.92. The third-order valence-electron chi connectivity index (χ3n) is 3.99. The Kier molecular flexibility index (Phi) is 8.84. The van der Waals surface area contributed by atoms with E-state index in [0.717, 1.165) is 17.0 Å². The number of pyridine rings is 1. The molecule has 2 N–H and O–H groups in total. The summed E-state index contributed by atoms with van der Waals surface area (Å²) >= 11 is 0. The average Bonchev–Trinajstić information content (AvgIpc) is 2.47. The van der Waals surface area contributed by atoms with Crippen molar-refractivity contribution in [3.63, 3.8) is 0 Å². The topological polar surface area (TPSA) is 66.6 Å². The second-order valence-corrected chi connectivity index (χ2v) is 13.8. The molecule has 1 rings (SSSR count). The summed E-state index contributed by atoms with van der Waals surface area (Å²) in [6, 6.07) is 4.11. The van der Waals surface area contributed by atoms with Crippen LogP contribution in [-0.4, -0.2) is 23.1 Å². The molecular formula is C20H38N2O3Si2. The van der Waals surface area contributed by atoms with Crippen molar-refractivity contribution in [2.75, 3.05) is 0 Å². The molecule has 0 saturated heterocycles. The monoisotopic (exact) mass is 410 g/mol. The third kappa shape index (κ3) is 7.75. The van der Waals surface area contributed by atoms with Gasteiger partial charge in [-0.1, -0.05) is 41.5 Å². The molecule has 0 aliphatic heterocycles. The highest BCUT2D eigenvalue weighted by atomic mass is 28.3. The Morgan fingerprint density at radius 1 is 0.852 bits per heavy atom. The van der Waals surface area contributed by atoms with E-state index in [4.69, 9.17) is 24.6 Å². The quantitative estimate of drug-likeness (QED) is 0.472. The Balaban J connectivity index is 3.53. The van der Waals surface area contributed by atoms with Gasteiger partial charge in [-0.2, -0.15) is 0 Å². The molecule has 2 atom stereocenters. The molecule has 0 spiro atoms. The van der Waals surface area contributed by atoms with Crippen molar-refractivity contribution in [3.05, 3.63) is 29.1 Å². The maximum atomic E-state index is 6.37. The van der Waals surface area contributed by atoms with Crippen LogP contribution in [0.2, 0.25) is 26.2 Å². The number of nitrogens with zero attached hydrogens (tertiary/aromatic N) is 1. The summed E-state index contributed by atoms with van der Waals surface area (Å²) in [5.74, 6) is 5.37. The zero-order chi connectivity index (χ0) is 21.0. The lowest BCUT2D eigenvalue weighted by Gasteiger charge is -2.35. The van der Waals surface area contributed by atoms with Gasteiger partial charge in [0, 0.05) is 0 Å². The van der Waals surface area contributed by atoms with Crippen molar-refractivity contribution in [3.8, 4) is 0 Å². The predicted octanol–water partition coefficient (Wildman–Crippen LogP) is 5.18. The minimum atomic E-state index is -0.889. The van der Waals surface area contributed by atoms with Gasteiger partial charge < -0.3 is 8.85 Å². The Labute approximate surface area is 169 Å². The summed E-state index contributed by atoms with van der Waals surface area (Å²) in [7, 11) is -1.78. The first-order chi connectivity index (χ1) is 12.3. The Bertz CT molecular complexity index is 550. The van der Waals surface area contributed by atoms with E-state index in [2.05, 4.69) is 79.9 Å². The molecule has 7 heteroatoms. The van der Waals surface area contributed by atoms with E-state index >= 15 is 0 Å². The summed E-state index contributed by atoms with van der Waals surface area (Å²) in [5.41, 5.74) is 2.71. The zero-order valence-electron chi connectivity index (χ0n) is 18.8. The number of hydrogen-bond acceptors (Lipinski definition) is 5. The van der Waals surface area contributed by atoms with E-state index in [1.807, 2.05) is 0 Å². The van der Waals surface area contributed by atoms with Crippen molar-refractivity contribution in [2.45, 2.75) is 86.5 Å². The normalized spacial score (nSPS) is 15.4. The van der Waals surface area contributed by atoms with Gasteiger partial charge >= 0.3 is 0 Å². The number of aromatic nitrogens is 1. The van der Waals surface area contributed by atoms with E-state index in [-0.39, 0.29) is 23.0 Å². The molecule has 2 unspecified atom stereocenters. The Morgan fingerprint density at radius 2 is 1.22 bits per heavy atom. The van der Waals surface area contributed by atoms with Crippen LogP contribution in [0.25, 0.3) is 0 Å². The fourth-order valence-corrected chi connectivity index (χ4v) is 4.81. The molecular weight excluding hydrogens is 372 g/mol. The lowest BCUT2D eigenvalue weighted by Crippen LogP contribution is -2.30. The molecule has 0 amide bonds. The second-order valence-electron chi connectivity index (χ2n) is 9.68. The molecule has 0 aliphatic carbocycles. The third-order valence-corrected chi connectivity index (χ3v) is 5.41. The number of nitrogens with two attached hydrogens (primary N) is 1. The van der Waals surface area contributed by atoms with E-state index in [9.17, 15) is 0 Å². The summed E-state index contributed by atoms with van der Waals surface area (Å²) in [6.07, 6.45) is -0.182. The van der Waals surface area contributed by atoms with Crippen LogP contribution in [0.4, 0.5) is 0 Å². The molecule has 0 saturated carbocycles. The standard InChI is InChI=1S/C20H38N2O3Si2/c1-19(2,3)17(24-26(7)8)15-11-14(13-23-21)12-16(22-15)18(20(4,5)6)25-27(9)10/h11-12,17-18H,13,21H2,1-10H3. The average molecular weight is 411 g/mol. The van der Waals surface area contributed by atoms with Crippen molar-refractivity contribution < 1.29 is 13.7 Å². The Morgan fingerprint density at radius 3 is 1.48 bits per heavy atom. The first kappa shape index (κ1) is 24.5. The zero-order valence-corrected chi connectivity index (χ0v) is 20.8. The summed E-state index contributed by atoms with van der Waals surface area (Å²) in [5, 5.41) is 0. The molecule has 0 aliphatic rings. The van der Waals surface area contributed by atoms with Gasteiger partial charge in [0.1, 0.15) is 0 Å². The van der Waals surface area contributed by atoms with Crippen LogP contribution in [0.15, 0.2) is 12.1 Å². The predicted molar refractivity (Wildman–Crippen MR) is 115 cm³/mol. The summed E-state index contributed by atoms with van der Waals surface area (Å²) in [4.78, 5) is 9.98.